The van der Waals surface area contributed by atoms with Crippen LogP contribution in [-0.2, 0) is 11.3 Å². The first-order valence-electron chi connectivity index (χ1n) is 9.12. The van der Waals surface area contributed by atoms with Gasteiger partial charge in [-0.25, -0.2) is 0 Å². The van der Waals surface area contributed by atoms with Gasteiger partial charge in [0.05, 0.1) is 6.61 Å². The first-order valence-corrected chi connectivity index (χ1v) is 12.1. The van der Waals surface area contributed by atoms with Gasteiger partial charge in [-0.3, -0.25) is 0 Å². The molecular formula is C22H30O2Si. The van der Waals surface area contributed by atoms with Crippen LogP contribution in [-0.4, -0.2) is 26.4 Å². The Morgan fingerprint density at radius 1 is 1.00 bits per heavy atom. The molecule has 0 radical (unpaired) electrons. The maximum Gasteiger partial charge on any atom is 0.107 e. The van der Waals surface area contributed by atoms with Crippen LogP contribution in [0.1, 0.15) is 24.8 Å². The highest BCUT2D eigenvalue weighted by Gasteiger charge is 2.27. The summed E-state index contributed by atoms with van der Waals surface area (Å²) >= 11 is 0. The molecule has 0 saturated carbocycles. The molecule has 2 nitrogen and oxygen atoms in total. The molecule has 0 amide bonds. The summed E-state index contributed by atoms with van der Waals surface area (Å²) in [4.78, 5) is 0. The third-order valence-corrected chi connectivity index (χ3v) is 8.50. The van der Waals surface area contributed by atoms with Crippen LogP contribution in [0.25, 0.3) is 0 Å². The van der Waals surface area contributed by atoms with Gasteiger partial charge in [0, 0.05) is 13.2 Å². The molecule has 0 heterocycles. The van der Waals surface area contributed by atoms with Crippen molar-refractivity contribution in [1.82, 2.24) is 0 Å². The van der Waals surface area contributed by atoms with Crippen LogP contribution in [0.2, 0.25) is 13.1 Å². The fourth-order valence-corrected chi connectivity index (χ4v) is 5.93. The first kappa shape index (κ1) is 19.6. The van der Waals surface area contributed by atoms with Gasteiger partial charge in [-0.1, -0.05) is 90.2 Å². The average Bonchev–Trinajstić information content (AvgIpc) is 2.65. The number of aliphatic hydroxyl groups is 1. The lowest BCUT2D eigenvalue weighted by atomic mass is 10.2. The van der Waals surface area contributed by atoms with Crippen molar-refractivity contribution in [3.8, 4) is 0 Å². The van der Waals surface area contributed by atoms with Crippen LogP contribution in [0.15, 0.2) is 71.9 Å². The molecule has 0 aliphatic heterocycles. The van der Waals surface area contributed by atoms with E-state index in [9.17, 15) is 5.11 Å². The standard InChI is InChI=1S/C22H30O2Si/c1-25(2,21-13-7-4-8-14-21)22(15-9-17-23)16-10-18-24-19-20-11-5-3-6-12-20/h3-8,11-15,23H,9-10,16-19H2,1-2H3/b22-15-. The van der Waals surface area contributed by atoms with E-state index in [1.165, 1.54) is 15.9 Å². The molecule has 0 unspecified atom stereocenters. The minimum Gasteiger partial charge on any atom is -0.396 e. The number of rotatable bonds is 10. The topological polar surface area (TPSA) is 29.5 Å². The summed E-state index contributed by atoms with van der Waals surface area (Å²) < 4.78 is 5.83. The van der Waals surface area contributed by atoms with Gasteiger partial charge in [-0.15, -0.1) is 0 Å². The zero-order chi connectivity index (χ0) is 18.0. The van der Waals surface area contributed by atoms with Crippen molar-refractivity contribution in [2.75, 3.05) is 13.2 Å². The van der Waals surface area contributed by atoms with Gasteiger partial charge in [0.2, 0.25) is 0 Å². The van der Waals surface area contributed by atoms with Crippen LogP contribution in [0.5, 0.6) is 0 Å². The second-order valence-corrected chi connectivity index (χ2v) is 11.3. The highest BCUT2D eigenvalue weighted by atomic mass is 28.3. The van der Waals surface area contributed by atoms with Crippen LogP contribution in [0.3, 0.4) is 0 Å². The lowest BCUT2D eigenvalue weighted by molar-refractivity contribution is 0.119. The van der Waals surface area contributed by atoms with Gasteiger partial charge in [0.15, 0.2) is 0 Å². The predicted molar refractivity (Wildman–Crippen MR) is 109 cm³/mol. The van der Waals surface area contributed by atoms with Crippen molar-refractivity contribution in [2.24, 2.45) is 0 Å². The van der Waals surface area contributed by atoms with Crippen molar-refractivity contribution < 1.29 is 9.84 Å². The number of hydrogen-bond acceptors (Lipinski definition) is 2. The fourth-order valence-electron chi connectivity index (χ4n) is 3.08. The Kier molecular flexibility index (Phi) is 8.12. The molecule has 0 fully saturated rings. The van der Waals surface area contributed by atoms with Crippen molar-refractivity contribution in [3.05, 3.63) is 77.5 Å². The quantitative estimate of drug-likeness (QED) is 0.505. The molecule has 0 aliphatic carbocycles. The van der Waals surface area contributed by atoms with E-state index in [-0.39, 0.29) is 6.61 Å². The largest absolute Gasteiger partial charge is 0.396 e. The van der Waals surface area contributed by atoms with Gasteiger partial charge in [0.1, 0.15) is 8.07 Å². The normalized spacial score (nSPS) is 12.4. The number of ether oxygens (including phenoxy) is 1. The zero-order valence-electron chi connectivity index (χ0n) is 15.4. The summed E-state index contributed by atoms with van der Waals surface area (Å²) in [5.41, 5.74) is 1.22. The molecule has 1 N–H and O–H groups in total. The third kappa shape index (κ3) is 6.27. The van der Waals surface area contributed by atoms with E-state index in [1.54, 1.807) is 0 Å². The molecule has 0 aromatic heterocycles. The summed E-state index contributed by atoms with van der Waals surface area (Å²) in [5, 5.41) is 12.2. The lowest BCUT2D eigenvalue weighted by Gasteiger charge is -2.27. The minimum absolute atomic E-state index is 0.216. The van der Waals surface area contributed by atoms with Gasteiger partial charge in [-0.2, -0.15) is 0 Å². The Balaban J connectivity index is 1.90. The lowest BCUT2D eigenvalue weighted by Crippen LogP contribution is -2.43. The Morgan fingerprint density at radius 2 is 1.64 bits per heavy atom. The zero-order valence-corrected chi connectivity index (χ0v) is 16.4. The Hall–Kier alpha value is -1.68. The van der Waals surface area contributed by atoms with E-state index in [0.29, 0.717) is 6.61 Å². The average molecular weight is 355 g/mol. The Morgan fingerprint density at radius 3 is 2.28 bits per heavy atom. The molecule has 0 aliphatic rings. The maximum atomic E-state index is 9.23. The third-order valence-electron chi connectivity index (χ3n) is 4.66. The molecule has 0 atom stereocenters. The second kappa shape index (κ2) is 10.3. The summed E-state index contributed by atoms with van der Waals surface area (Å²) in [7, 11) is -1.68. The summed E-state index contributed by atoms with van der Waals surface area (Å²) in [6, 6.07) is 21.1. The van der Waals surface area contributed by atoms with Crippen LogP contribution < -0.4 is 5.19 Å². The summed E-state index contributed by atoms with van der Waals surface area (Å²) in [6.45, 7) is 6.46. The van der Waals surface area contributed by atoms with E-state index < -0.39 is 8.07 Å². The van der Waals surface area contributed by atoms with Crippen molar-refractivity contribution in [2.45, 2.75) is 39.0 Å². The highest BCUT2D eigenvalue weighted by molar-refractivity contribution is 6.95. The fraction of sp³-hybridized carbons (Fsp3) is 0.364. The molecule has 2 aromatic carbocycles. The molecule has 3 heteroatoms. The SMILES string of the molecule is C[Si](C)(/C(=C\CCO)CCCOCc1ccccc1)c1ccccc1. The van der Waals surface area contributed by atoms with E-state index in [4.69, 9.17) is 4.74 Å². The molecule has 2 rings (SSSR count). The molecule has 0 saturated heterocycles. The van der Waals surface area contributed by atoms with Crippen molar-refractivity contribution in [3.63, 3.8) is 0 Å². The summed E-state index contributed by atoms with van der Waals surface area (Å²) in [6.07, 6.45) is 5.07. The smallest absolute Gasteiger partial charge is 0.107 e. The van der Waals surface area contributed by atoms with Crippen LogP contribution in [0.4, 0.5) is 0 Å². The minimum atomic E-state index is -1.68. The number of aliphatic hydroxyl groups excluding tert-OH is 1. The van der Waals surface area contributed by atoms with E-state index >= 15 is 0 Å². The van der Waals surface area contributed by atoms with Gasteiger partial charge < -0.3 is 9.84 Å². The molecule has 25 heavy (non-hydrogen) atoms. The molecule has 134 valence electrons. The molecule has 2 aromatic rings. The predicted octanol–water partition coefficient (Wildman–Crippen LogP) is 4.45. The van der Waals surface area contributed by atoms with Crippen LogP contribution in [0, 0.1) is 0 Å². The van der Waals surface area contributed by atoms with Crippen LogP contribution >= 0.6 is 0 Å². The van der Waals surface area contributed by atoms with Crippen molar-refractivity contribution >= 4 is 13.3 Å². The van der Waals surface area contributed by atoms with Gasteiger partial charge >= 0.3 is 0 Å². The first-order chi connectivity index (χ1) is 12.1. The summed E-state index contributed by atoms with van der Waals surface area (Å²) in [5.74, 6) is 0. The monoisotopic (exact) mass is 354 g/mol. The van der Waals surface area contributed by atoms with Gasteiger partial charge in [-0.05, 0) is 24.8 Å². The Bertz CT molecular complexity index is 636. The van der Waals surface area contributed by atoms with Crippen molar-refractivity contribution in [1.29, 1.82) is 0 Å². The van der Waals surface area contributed by atoms with Gasteiger partial charge in [0.25, 0.3) is 0 Å². The molecular weight excluding hydrogens is 324 g/mol. The maximum absolute atomic E-state index is 9.23. The van der Waals surface area contributed by atoms with E-state index in [0.717, 1.165) is 25.9 Å². The number of allylic oxidation sites excluding steroid dienone is 1. The van der Waals surface area contributed by atoms with E-state index in [1.807, 2.05) is 18.2 Å². The second-order valence-electron chi connectivity index (χ2n) is 6.87. The molecule has 0 spiro atoms. The molecule has 0 bridgehead atoms. The highest BCUT2D eigenvalue weighted by Crippen LogP contribution is 2.21. The van der Waals surface area contributed by atoms with E-state index in [2.05, 4.69) is 61.6 Å². The number of hydrogen-bond donors (Lipinski definition) is 1. The Labute approximate surface area is 153 Å². The number of benzene rings is 2.